The Labute approximate surface area is 213 Å². The number of para-hydroxylation sites is 1. The van der Waals surface area contributed by atoms with Gasteiger partial charge in [-0.3, -0.25) is 5.01 Å². The summed E-state index contributed by atoms with van der Waals surface area (Å²) in [5, 5.41) is 9.27. The summed E-state index contributed by atoms with van der Waals surface area (Å²) < 4.78 is 11.8. The van der Waals surface area contributed by atoms with E-state index in [1.807, 2.05) is 43.4 Å². The molecule has 1 aromatic heterocycles. The van der Waals surface area contributed by atoms with Gasteiger partial charge in [0.2, 0.25) is 0 Å². The van der Waals surface area contributed by atoms with Crippen LogP contribution in [0.1, 0.15) is 0 Å². The number of ether oxygens (including phenoxy) is 2. The number of rotatable bonds is 7. The van der Waals surface area contributed by atoms with Gasteiger partial charge in [0.15, 0.2) is 11.5 Å². The number of nitrogens with zero attached hydrogens (tertiary/aromatic N) is 4. The largest absolute Gasteiger partial charge is 0.493 e. The van der Waals surface area contributed by atoms with E-state index < -0.39 is 0 Å². The first-order valence-corrected chi connectivity index (χ1v) is 11.7. The molecule has 5 rings (SSSR count). The van der Waals surface area contributed by atoms with Crippen LogP contribution in [0.4, 0.5) is 17.2 Å². The molecule has 178 valence electrons. The van der Waals surface area contributed by atoms with Crippen molar-refractivity contribution in [2.75, 3.05) is 37.6 Å². The molecule has 2 heterocycles. The highest BCUT2D eigenvalue weighted by molar-refractivity contribution is 6.42. The van der Waals surface area contributed by atoms with E-state index in [0.29, 0.717) is 34.0 Å². The highest BCUT2D eigenvalue weighted by Gasteiger charge is 2.21. The van der Waals surface area contributed by atoms with Gasteiger partial charge in [-0.15, -0.1) is 0 Å². The number of hydrazine groups is 1. The van der Waals surface area contributed by atoms with Gasteiger partial charge in [-0.25, -0.2) is 15.0 Å². The Kier molecular flexibility index (Phi) is 6.63. The Morgan fingerprint density at radius 2 is 1.80 bits per heavy atom. The van der Waals surface area contributed by atoms with Crippen LogP contribution in [0, 0.1) is 0 Å². The second kappa shape index (κ2) is 10.00. The summed E-state index contributed by atoms with van der Waals surface area (Å²) in [6.07, 6.45) is 3.61. The van der Waals surface area contributed by atoms with Crippen molar-refractivity contribution in [2.45, 2.75) is 0 Å². The van der Waals surface area contributed by atoms with Gasteiger partial charge in [0, 0.05) is 42.5 Å². The zero-order chi connectivity index (χ0) is 24.4. The van der Waals surface area contributed by atoms with E-state index in [1.54, 1.807) is 19.2 Å². The number of benzene rings is 3. The van der Waals surface area contributed by atoms with E-state index in [0.717, 1.165) is 34.4 Å². The van der Waals surface area contributed by atoms with E-state index in [2.05, 4.69) is 43.6 Å². The number of aromatic nitrogens is 2. The summed E-state index contributed by atoms with van der Waals surface area (Å²) >= 11 is 12.2. The second-order valence-corrected chi connectivity index (χ2v) is 8.88. The molecule has 1 aliphatic rings. The molecular formula is C26H23Cl2N5O2. The van der Waals surface area contributed by atoms with Gasteiger partial charge < -0.3 is 14.8 Å². The van der Waals surface area contributed by atoms with Crippen molar-refractivity contribution in [3.63, 3.8) is 0 Å². The summed E-state index contributed by atoms with van der Waals surface area (Å²) in [5.41, 5.74) is 3.73. The smallest absolute Gasteiger partial charge is 0.163 e. The molecule has 1 N–H and O–H groups in total. The Bertz CT molecular complexity index is 1400. The number of anilines is 3. The maximum atomic E-state index is 6.18. The molecule has 0 amide bonds. The van der Waals surface area contributed by atoms with Crippen molar-refractivity contribution in [3.05, 3.63) is 88.8 Å². The highest BCUT2D eigenvalue weighted by Crippen LogP contribution is 2.36. The molecule has 4 aromatic rings. The predicted molar refractivity (Wildman–Crippen MR) is 141 cm³/mol. The Morgan fingerprint density at radius 3 is 2.57 bits per heavy atom. The fourth-order valence-corrected chi connectivity index (χ4v) is 4.23. The quantitative estimate of drug-likeness (QED) is 0.314. The van der Waals surface area contributed by atoms with Crippen LogP contribution >= 0.6 is 23.2 Å². The van der Waals surface area contributed by atoms with Gasteiger partial charge in [-0.2, -0.15) is 0 Å². The van der Waals surface area contributed by atoms with Crippen LogP contribution in [-0.2, 0) is 0 Å². The molecule has 9 heteroatoms. The Morgan fingerprint density at radius 1 is 0.971 bits per heavy atom. The van der Waals surface area contributed by atoms with Gasteiger partial charge >= 0.3 is 0 Å². The molecule has 0 radical (unpaired) electrons. The number of fused-ring (bicyclic) bond motifs is 1. The van der Waals surface area contributed by atoms with E-state index in [1.165, 1.54) is 6.33 Å². The fraction of sp³-hybridized carbons (Fsp3) is 0.154. The monoisotopic (exact) mass is 507 g/mol. The molecule has 0 atom stereocenters. The van der Waals surface area contributed by atoms with Crippen LogP contribution in [-0.4, -0.2) is 42.3 Å². The minimum absolute atomic E-state index is 0.426. The van der Waals surface area contributed by atoms with E-state index in [9.17, 15) is 0 Å². The lowest BCUT2D eigenvalue weighted by atomic mass is 10.2. The van der Waals surface area contributed by atoms with Gasteiger partial charge in [-0.05, 0) is 36.4 Å². The second-order valence-electron chi connectivity index (χ2n) is 8.07. The summed E-state index contributed by atoms with van der Waals surface area (Å²) in [4.78, 5) is 8.83. The summed E-state index contributed by atoms with van der Waals surface area (Å²) in [6, 6.07) is 19.3. The third-order valence-corrected chi connectivity index (χ3v) is 6.38. The number of hydrogen-bond acceptors (Lipinski definition) is 7. The third kappa shape index (κ3) is 4.98. The van der Waals surface area contributed by atoms with Gasteiger partial charge in [0.05, 0.1) is 28.4 Å². The summed E-state index contributed by atoms with van der Waals surface area (Å²) in [6.45, 7) is 1.19. The molecule has 0 fully saturated rings. The molecule has 3 aromatic carbocycles. The van der Waals surface area contributed by atoms with Crippen LogP contribution in [0.3, 0.4) is 0 Å². The van der Waals surface area contributed by atoms with Crippen molar-refractivity contribution in [1.82, 2.24) is 15.0 Å². The van der Waals surface area contributed by atoms with Crippen LogP contribution in [0.25, 0.3) is 10.9 Å². The van der Waals surface area contributed by atoms with Crippen LogP contribution < -0.4 is 19.8 Å². The molecule has 0 aliphatic carbocycles. The van der Waals surface area contributed by atoms with E-state index in [4.69, 9.17) is 32.7 Å². The normalized spacial score (nSPS) is 13.7. The number of methoxy groups -OCH3 is 1. The van der Waals surface area contributed by atoms with E-state index >= 15 is 0 Å². The SMILES string of the molecule is COc1cc2c(Nc3ccc(Cl)c(Cl)c3)ncnc2cc1OCC1=CN(c2ccccc2)N(C)C1. The molecule has 0 saturated heterocycles. The number of hydrogen-bond donors (Lipinski definition) is 1. The molecule has 35 heavy (non-hydrogen) atoms. The van der Waals surface area contributed by atoms with Crippen molar-refractivity contribution in [2.24, 2.45) is 0 Å². The minimum Gasteiger partial charge on any atom is -0.493 e. The number of likely N-dealkylation sites (N-methyl/N-ethyl adjacent to an activating group) is 1. The zero-order valence-corrected chi connectivity index (χ0v) is 20.7. The van der Waals surface area contributed by atoms with Crippen molar-refractivity contribution >= 4 is 51.3 Å². The first kappa shape index (κ1) is 23.2. The Balaban J connectivity index is 1.38. The average Bonchev–Trinajstić information content (AvgIpc) is 3.25. The van der Waals surface area contributed by atoms with Gasteiger partial charge in [0.1, 0.15) is 18.8 Å². The summed E-state index contributed by atoms with van der Waals surface area (Å²) in [5.74, 6) is 1.83. The maximum Gasteiger partial charge on any atom is 0.163 e. The lowest BCUT2D eigenvalue weighted by Crippen LogP contribution is -2.31. The van der Waals surface area contributed by atoms with Crippen molar-refractivity contribution < 1.29 is 9.47 Å². The van der Waals surface area contributed by atoms with E-state index in [-0.39, 0.29) is 0 Å². The lowest BCUT2D eigenvalue weighted by Gasteiger charge is -2.24. The molecule has 1 aliphatic heterocycles. The first-order valence-electron chi connectivity index (χ1n) is 10.9. The molecule has 0 bridgehead atoms. The molecule has 0 saturated carbocycles. The highest BCUT2D eigenvalue weighted by atomic mass is 35.5. The van der Waals surface area contributed by atoms with Crippen molar-refractivity contribution in [1.29, 1.82) is 0 Å². The van der Waals surface area contributed by atoms with Crippen LogP contribution in [0.5, 0.6) is 11.5 Å². The molecular weight excluding hydrogens is 485 g/mol. The Hall–Kier alpha value is -3.52. The van der Waals surface area contributed by atoms with Crippen LogP contribution in [0.15, 0.2) is 78.8 Å². The zero-order valence-electron chi connectivity index (χ0n) is 19.2. The maximum absolute atomic E-state index is 6.18. The van der Waals surface area contributed by atoms with Crippen molar-refractivity contribution in [3.8, 4) is 11.5 Å². The molecule has 0 unspecified atom stereocenters. The van der Waals surface area contributed by atoms with Gasteiger partial charge in [0.25, 0.3) is 0 Å². The third-order valence-electron chi connectivity index (χ3n) is 5.64. The molecule has 0 spiro atoms. The fourth-order valence-electron chi connectivity index (χ4n) is 3.93. The summed E-state index contributed by atoms with van der Waals surface area (Å²) in [7, 11) is 3.66. The standard InChI is InChI=1S/C26H23Cl2N5O2/c1-32-13-17(14-33(32)19-6-4-3-5-7-19)15-35-25-12-23-20(11-24(25)34-2)26(30-16-29-23)31-18-8-9-21(27)22(28)10-18/h3-12,14,16H,13,15H2,1-2H3,(H,29,30,31). The topological polar surface area (TPSA) is 62.8 Å². The molecule has 7 nitrogen and oxygen atoms in total. The minimum atomic E-state index is 0.426. The first-order chi connectivity index (χ1) is 17.0. The predicted octanol–water partition coefficient (Wildman–Crippen LogP) is 6.32. The van der Waals surface area contributed by atoms with Gasteiger partial charge in [-0.1, -0.05) is 41.4 Å². The average molecular weight is 508 g/mol. The number of nitrogens with one attached hydrogen (secondary N) is 1. The lowest BCUT2D eigenvalue weighted by molar-refractivity contribution is 0.310. The van der Waals surface area contributed by atoms with Crippen LogP contribution in [0.2, 0.25) is 10.0 Å². The number of halogens is 2.